The average Bonchev–Trinajstić information content (AvgIpc) is 2.97. The van der Waals surface area contributed by atoms with Gasteiger partial charge in [-0.05, 0) is 38.0 Å². The molecule has 2 rings (SSSR count). The number of anilines is 1. The van der Waals surface area contributed by atoms with Crippen molar-refractivity contribution in [3.63, 3.8) is 0 Å². The van der Waals surface area contributed by atoms with Gasteiger partial charge in [0, 0.05) is 12.2 Å². The molecule has 8 heteroatoms. The molecule has 1 aromatic carbocycles. The van der Waals surface area contributed by atoms with Crippen LogP contribution >= 0.6 is 0 Å². The van der Waals surface area contributed by atoms with E-state index in [4.69, 9.17) is 4.74 Å². The highest BCUT2D eigenvalue weighted by Crippen LogP contribution is 2.22. The number of hydrogen-bond donors (Lipinski definition) is 1. The lowest BCUT2D eigenvalue weighted by molar-refractivity contribution is -0.119. The number of benzene rings is 1. The summed E-state index contributed by atoms with van der Waals surface area (Å²) in [5.41, 5.74) is 0.761. The van der Waals surface area contributed by atoms with Crippen molar-refractivity contribution in [1.29, 1.82) is 0 Å². The smallest absolute Gasteiger partial charge is 0.338 e. The third kappa shape index (κ3) is 4.29. The topological polar surface area (TPSA) is 92.8 Å². The van der Waals surface area contributed by atoms with Gasteiger partial charge in [0.25, 0.3) is 0 Å². The van der Waals surface area contributed by atoms with Gasteiger partial charge < -0.3 is 10.1 Å². The molecule has 1 amide bonds. The maximum Gasteiger partial charge on any atom is 0.338 e. The first-order chi connectivity index (χ1) is 10.8. The van der Waals surface area contributed by atoms with Crippen LogP contribution in [0.25, 0.3) is 0 Å². The molecule has 0 aliphatic carbocycles. The van der Waals surface area contributed by atoms with E-state index in [0.29, 0.717) is 30.6 Å². The molecule has 0 aromatic heterocycles. The molecular formula is C15H20N2O5S. The van der Waals surface area contributed by atoms with Crippen LogP contribution in [0.2, 0.25) is 0 Å². The van der Waals surface area contributed by atoms with Crippen molar-refractivity contribution < 1.29 is 22.7 Å². The molecule has 1 atom stereocenters. The summed E-state index contributed by atoms with van der Waals surface area (Å²) in [6, 6.07) is 5.66. The molecule has 7 nitrogen and oxygen atoms in total. The second-order valence-electron chi connectivity index (χ2n) is 5.32. The molecule has 1 unspecified atom stereocenters. The van der Waals surface area contributed by atoms with Gasteiger partial charge in [-0.2, -0.15) is 4.31 Å². The number of sulfonamides is 1. The van der Waals surface area contributed by atoms with Crippen molar-refractivity contribution in [1.82, 2.24) is 4.31 Å². The Kier molecular flexibility index (Phi) is 5.38. The maximum atomic E-state index is 12.3. The van der Waals surface area contributed by atoms with E-state index in [9.17, 15) is 18.0 Å². The van der Waals surface area contributed by atoms with Crippen LogP contribution in [0.3, 0.4) is 0 Å². The number of rotatable bonds is 5. The maximum absolute atomic E-state index is 12.3. The van der Waals surface area contributed by atoms with Gasteiger partial charge in [-0.1, -0.05) is 6.07 Å². The fourth-order valence-corrected chi connectivity index (χ4v) is 3.69. The molecule has 0 bridgehead atoms. The molecular weight excluding hydrogens is 320 g/mol. The van der Waals surface area contributed by atoms with Gasteiger partial charge in [-0.3, -0.25) is 4.79 Å². The van der Waals surface area contributed by atoms with Crippen LogP contribution in [-0.4, -0.2) is 50.0 Å². The SMILES string of the molecule is CCOC(=O)c1cccc(NC(=O)C2CCCN2S(C)(=O)=O)c1. The number of nitrogens with zero attached hydrogens (tertiary/aromatic N) is 1. The zero-order chi connectivity index (χ0) is 17.0. The van der Waals surface area contributed by atoms with E-state index in [2.05, 4.69) is 5.32 Å². The lowest BCUT2D eigenvalue weighted by Crippen LogP contribution is -2.42. The molecule has 0 radical (unpaired) electrons. The number of esters is 1. The van der Waals surface area contributed by atoms with E-state index >= 15 is 0 Å². The Balaban J connectivity index is 2.11. The van der Waals surface area contributed by atoms with Crippen LogP contribution in [0, 0.1) is 0 Å². The standard InChI is InChI=1S/C15H20N2O5S/c1-3-22-15(19)11-6-4-7-12(10-11)16-14(18)13-8-5-9-17(13)23(2,20)21/h4,6-7,10,13H,3,5,8-9H2,1-2H3,(H,16,18). The van der Waals surface area contributed by atoms with Gasteiger partial charge >= 0.3 is 5.97 Å². The third-order valence-corrected chi connectivity index (χ3v) is 4.86. The molecule has 1 fully saturated rings. The monoisotopic (exact) mass is 340 g/mol. The Morgan fingerprint density at radius 2 is 2.13 bits per heavy atom. The molecule has 1 aromatic rings. The third-order valence-electron chi connectivity index (χ3n) is 3.57. The molecule has 0 saturated carbocycles. The Hall–Kier alpha value is -1.93. The average molecular weight is 340 g/mol. The molecule has 0 spiro atoms. The lowest BCUT2D eigenvalue weighted by atomic mass is 10.2. The highest BCUT2D eigenvalue weighted by Gasteiger charge is 2.36. The normalized spacial score (nSPS) is 18.6. The fraction of sp³-hybridized carbons (Fsp3) is 0.467. The number of amides is 1. The summed E-state index contributed by atoms with van der Waals surface area (Å²) in [7, 11) is -3.42. The van der Waals surface area contributed by atoms with E-state index in [1.165, 1.54) is 10.4 Å². The lowest BCUT2D eigenvalue weighted by Gasteiger charge is -2.21. The van der Waals surface area contributed by atoms with E-state index < -0.39 is 27.9 Å². The van der Waals surface area contributed by atoms with Crippen molar-refractivity contribution >= 4 is 27.6 Å². The molecule has 1 N–H and O–H groups in total. The predicted octanol–water partition coefficient (Wildman–Crippen LogP) is 1.23. The minimum Gasteiger partial charge on any atom is -0.462 e. The van der Waals surface area contributed by atoms with Crippen LogP contribution in [0.5, 0.6) is 0 Å². The molecule has 1 heterocycles. The zero-order valence-electron chi connectivity index (χ0n) is 13.1. The first-order valence-electron chi connectivity index (χ1n) is 7.38. The summed E-state index contributed by atoms with van der Waals surface area (Å²) in [6.07, 6.45) is 2.23. The van der Waals surface area contributed by atoms with Gasteiger partial charge in [0.1, 0.15) is 6.04 Å². The second kappa shape index (κ2) is 7.10. The van der Waals surface area contributed by atoms with Crippen molar-refractivity contribution in [2.75, 3.05) is 24.7 Å². The van der Waals surface area contributed by atoms with Gasteiger partial charge in [-0.25, -0.2) is 13.2 Å². The molecule has 126 valence electrons. The Bertz CT molecular complexity index is 702. The van der Waals surface area contributed by atoms with E-state index in [-0.39, 0.29) is 6.61 Å². The van der Waals surface area contributed by atoms with E-state index in [0.717, 1.165) is 6.26 Å². The first-order valence-corrected chi connectivity index (χ1v) is 9.22. The van der Waals surface area contributed by atoms with E-state index in [1.807, 2.05) is 0 Å². The first kappa shape index (κ1) is 17.4. The van der Waals surface area contributed by atoms with Gasteiger partial charge in [0.2, 0.25) is 15.9 Å². The quantitative estimate of drug-likeness (QED) is 0.814. The fourth-order valence-electron chi connectivity index (χ4n) is 2.56. The van der Waals surface area contributed by atoms with Crippen LogP contribution in [0.1, 0.15) is 30.1 Å². The zero-order valence-corrected chi connectivity index (χ0v) is 13.9. The number of carbonyl (C=O) groups is 2. The highest BCUT2D eigenvalue weighted by molar-refractivity contribution is 7.88. The Morgan fingerprint density at radius 3 is 2.78 bits per heavy atom. The number of ether oxygens (including phenoxy) is 1. The number of carbonyl (C=O) groups excluding carboxylic acids is 2. The molecule has 1 aliphatic rings. The van der Waals surface area contributed by atoms with Crippen molar-refractivity contribution in [2.45, 2.75) is 25.8 Å². The minimum absolute atomic E-state index is 0.265. The summed E-state index contributed by atoms with van der Waals surface area (Å²) in [5, 5.41) is 2.67. The summed E-state index contributed by atoms with van der Waals surface area (Å²) in [6.45, 7) is 2.32. The second-order valence-corrected chi connectivity index (χ2v) is 7.26. The van der Waals surface area contributed by atoms with Crippen molar-refractivity contribution in [3.8, 4) is 0 Å². The predicted molar refractivity (Wildman–Crippen MR) is 85.6 cm³/mol. The minimum atomic E-state index is -3.42. The number of nitrogens with one attached hydrogen (secondary N) is 1. The highest BCUT2D eigenvalue weighted by atomic mass is 32.2. The molecule has 1 saturated heterocycles. The van der Waals surface area contributed by atoms with Crippen LogP contribution < -0.4 is 5.32 Å². The van der Waals surface area contributed by atoms with Crippen LogP contribution in [-0.2, 0) is 19.6 Å². The van der Waals surface area contributed by atoms with Gasteiger partial charge in [-0.15, -0.1) is 0 Å². The Morgan fingerprint density at radius 1 is 1.39 bits per heavy atom. The van der Waals surface area contributed by atoms with E-state index in [1.54, 1.807) is 25.1 Å². The molecule has 23 heavy (non-hydrogen) atoms. The summed E-state index contributed by atoms with van der Waals surface area (Å²) >= 11 is 0. The van der Waals surface area contributed by atoms with Crippen LogP contribution in [0.4, 0.5) is 5.69 Å². The van der Waals surface area contributed by atoms with Crippen molar-refractivity contribution in [3.05, 3.63) is 29.8 Å². The van der Waals surface area contributed by atoms with Crippen LogP contribution in [0.15, 0.2) is 24.3 Å². The summed E-state index contributed by atoms with van der Waals surface area (Å²) in [5.74, 6) is -0.865. The Labute approximate surface area is 135 Å². The summed E-state index contributed by atoms with van der Waals surface area (Å²) in [4.78, 5) is 24.0. The summed E-state index contributed by atoms with van der Waals surface area (Å²) < 4.78 is 29.5. The number of hydrogen-bond acceptors (Lipinski definition) is 5. The largest absolute Gasteiger partial charge is 0.462 e. The van der Waals surface area contributed by atoms with Gasteiger partial charge in [0.15, 0.2) is 0 Å². The van der Waals surface area contributed by atoms with Crippen molar-refractivity contribution in [2.24, 2.45) is 0 Å². The van der Waals surface area contributed by atoms with Gasteiger partial charge in [0.05, 0.1) is 18.4 Å². The molecule has 1 aliphatic heterocycles.